The molecule has 0 unspecified atom stereocenters. The maximum atomic E-state index is 10.6. The molecule has 0 saturated heterocycles. The smallest absolute Gasteiger partial charge is 0.307 e. The molecule has 0 aliphatic carbocycles. The van der Waals surface area contributed by atoms with Crippen LogP contribution in [0.3, 0.4) is 0 Å². The molecule has 0 heterocycles. The Bertz CT molecular complexity index is 841. The van der Waals surface area contributed by atoms with Crippen molar-refractivity contribution in [1.82, 2.24) is 0 Å². The second-order valence-electron chi connectivity index (χ2n) is 6.00. The minimum absolute atomic E-state index is 0.00307. The summed E-state index contributed by atoms with van der Waals surface area (Å²) in [5.74, 6) is -0.856. The topological polar surface area (TPSA) is 104 Å². The molecule has 0 atom stereocenters. The summed E-state index contributed by atoms with van der Waals surface area (Å²) < 4.78 is 8.77. The third kappa shape index (κ3) is 9.79. The molecule has 2 aromatic carbocycles. The maximum absolute atomic E-state index is 10.6. The van der Waals surface area contributed by atoms with Gasteiger partial charge >= 0.3 is 5.97 Å². The molecule has 0 fully saturated rings. The zero-order valence-corrected chi connectivity index (χ0v) is 24.3. The predicted octanol–water partition coefficient (Wildman–Crippen LogP) is 4.16. The molecule has 0 amide bonds. The van der Waals surface area contributed by atoms with E-state index in [0.29, 0.717) is 19.3 Å². The average Bonchev–Trinajstić information content (AvgIpc) is 2.68. The number of hydrogen-bond acceptors (Lipinski definition) is 5. The first-order valence-electron chi connectivity index (χ1n) is 8.65. The quantitative estimate of drug-likeness (QED) is 0.259. The molecule has 0 bridgehead atoms. The first kappa shape index (κ1) is 28.3. The van der Waals surface area contributed by atoms with Crippen LogP contribution in [0.4, 0.5) is 0 Å². The molecule has 0 aliphatic rings. The van der Waals surface area contributed by atoms with E-state index in [-0.39, 0.29) is 26.2 Å². The van der Waals surface area contributed by atoms with E-state index in [4.69, 9.17) is 15.3 Å². The van der Waals surface area contributed by atoms with Crippen molar-refractivity contribution in [3.8, 4) is 0 Å². The Balaban J connectivity index is 0.000000303. The average molecular weight is 864 g/mol. The van der Waals surface area contributed by atoms with Gasteiger partial charge in [-0.25, -0.2) is 0 Å². The van der Waals surface area contributed by atoms with E-state index in [2.05, 4.69) is 107 Å². The van der Waals surface area contributed by atoms with Gasteiger partial charge in [-0.3, -0.25) is 9.59 Å². The lowest BCUT2D eigenvalue weighted by molar-refractivity contribution is -0.136. The van der Waals surface area contributed by atoms with Gasteiger partial charge in [-0.1, -0.05) is 0 Å². The van der Waals surface area contributed by atoms with Crippen molar-refractivity contribution >= 4 is 103 Å². The molecule has 30 heavy (non-hydrogen) atoms. The van der Waals surface area contributed by atoms with Crippen molar-refractivity contribution < 1.29 is 29.6 Å². The fourth-order valence-electron chi connectivity index (χ4n) is 2.42. The fraction of sp³-hybridized carbons (Fsp3) is 0.300. The van der Waals surface area contributed by atoms with Gasteiger partial charge in [0, 0.05) is 33.1 Å². The summed E-state index contributed by atoms with van der Waals surface area (Å²) in [5.41, 5.74) is 4.01. The van der Waals surface area contributed by atoms with Crippen molar-refractivity contribution in [2.24, 2.45) is 0 Å². The Morgan fingerprint density at radius 3 is 1.63 bits per heavy atom. The predicted molar refractivity (Wildman–Crippen MR) is 148 cm³/mol. The molecule has 0 aliphatic heterocycles. The van der Waals surface area contributed by atoms with Crippen LogP contribution in [0.2, 0.25) is 0 Å². The first-order chi connectivity index (χ1) is 14.2. The van der Waals surface area contributed by atoms with Gasteiger partial charge in [0.05, 0.1) is 6.42 Å². The highest BCUT2D eigenvalue weighted by Gasteiger charge is 2.10. The summed E-state index contributed by atoms with van der Waals surface area (Å²) in [7, 11) is 0. The zero-order chi connectivity index (χ0) is 22.7. The number of hydrogen-bond donors (Lipinski definition) is 3. The van der Waals surface area contributed by atoms with Crippen LogP contribution in [0, 0.1) is 14.3 Å². The summed E-state index contributed by atoms with van der Waals surface area (Å²) in [4.78, 5) is 20.7. The number of carbonyl (C=O) groups is 2. The summed E-state index contributed by atoms with van der Waals surface area (Å²) in [6, 6.07) is 7.82. The van der Waals surface area contributed by atoms with Crippen molar-refractivity contribution in [2.45, 2.75) is 25.9 Å². The van der Waals surface area contributed by atoms with Crippen molar-refractivity contribution in [1.29, 1.82) is 0 Å². The van der Waals surface area contributed by atoms with Gasteiger partial charge in [-0.05, 0) is 144 Å². The second kappa shape index (κ2) is 15.1. The van der Waals surface area contributed by atoms with Gasteiger partial charge in [0.25, 0.3) is 6.47 Å². The molecular formula is C20H20I4O6. The Morgan fingerprint density at radius 2 is 1.20 bits per heavy atom. The number of aliphatic carboxylic acids is 1. The minimum atomic E-state index is -0.856. The molecular weight excluding hydrogens is 844 g/mol. The van der Waals surface area contributed by atoms with E-state index in [0.717, 1.165) is 18.3 Å². The Labute approximate surface area is 229 Å². The Hall–Kier alpha value is 0.220. The van der Waals surface area contributed by atoms with Crippen LogP contribution in [0.25, 0.3) is 0 Å². The van der Waals surface area contributed by atoms with Crippen LogP contribution in [0.1, 0.15) is 22.3 Å². The van der Waals surface area contributed by atoms with Gasteiger partial charge in [0.15, 0.2) is 0 Å². The van der Waals surface area contributed by atoms with E-state index in [1.807, 2.05) is 6.07 Å². The molecule has 0 saturated carbocycles. The summed E-state index contributed by atoms with van der Waals surface area (Å²) in [6.45, 7) is 0.982. The van der Waals surface area contributed by atoms with E-state index < -0.39 is 5.97 Å². The third-order valence-electron chi connectivity index (χ3n) is 3.84. The van der Waals surface area contributed by atoms with Gasteiger partial charge in [0.2, 0.25) is 0 Å². The van der Waals surface area contributed by atoms with Crippen LogP contribution in [0.5, 0.6) is 0 Å². The number of aliphatic hydroxyl groups excluding tert-OH is 2. The highest BCUT2D eigenvalue weighted by molar-refractivity contribution is 14.1. The molecule has 6 nitrogen and oxygen atoms in total. The van der Waals surface area contributed by atoms with Crippen LogP contribution in [0.15, 0.2) is 24.3 Å². The molecule has 3 N–H and O–H groups in total. The maximum Gasteiger partial charge on any atom is 0.307 e. The lowest BCUT2D eigenvalue weighted by atomic mass is 10.1. The van der Waals surface area contributed by atoms with Gasteiger partial charge in [-0.15, -0.1) is 0 Å². The van der Waals surface area contributed by atoms with Crippen molar-refractivity contribution in [3.63, 3.8) is 0 Å². The zero-order valence-electron chi connectivity index (χ0n) is 15.7. The minimum Gasteiger partial charge on any atom is -0.481 e. The highest BCUT2D eigenvalue weighted by Crippen LogP contribution is 2.22. The van der Waals surface area contributed by atoms with E-state index >= 15 is 0 Å². The van der Waals surface area contributed by atoms with Crippen LogP contribution in [-0.2, 0) is 40.2 Å². The molecule has 0 aromatic heterocycles. The largest absolute Gasteiger partial charge is 0.481 e. The number of aliphatic hydroxyl groups is 2. The number of carboxylic acids is 1. The lowest BCUT2D eigenvalue weighted by Gasteiger charge is -2.08. The monoisotopic (exact) mass is 864 g/mol. The summed E-state index contributed by atoms with van der Waals surface area (Å²) in [6.07, 6.45) is 1.41. The molecule has 2 rings (SSSR count). The van der Waals surface area contributed by atoms with Crippen LogP contribution in [-0.4, -0.2) is 41.0 Å². The Kier molecular flexibility index (Phi) is 14.2. The molecule has 164 valence electrons. The molecule has 2 aromatic rings. The Morgan fingerprint density at radius 1 is 0.800 bits per heavy atom. The van der Waals surface area contributed by atoms with E-state index in [9.17, 15) is 9.59 Å². The molecule has 10 heteroatoms. The normalized spacial score (nSPS) is 10.2. The standard InChI is InChI=1S/C10H8I2O4.C10H12I2O2/c11-8-2-7(4-16-5-13)9(12)1-6(8)3-10(14)15;11-9-6-8(2-4-14)10(12)5-7(9)1-3-13/h1-2,5H,3-4H2,(H,14,15);5-6,13-14H,1-4H2. The number of halogens is 4. The van der Waals surface area contributed by atoms with E-state index in [1.165, 1.54) is 18.3 Å². The van der Waals surface area contributed by atoms with Gasteiger partial charge in [-0.2, -0.15) is 0 Å². The van der Waals surface area contributed by atoms with Crippen molar-refractivity contribution in [2.75, 3.05) is 13.2 Å². The second-order valence-corrected chi connectivity index (χ2v) is 10.6. The van der Waals surface area contributed by atoms with Crippen molar-refractivity contribution in [3.05, 3.63) is 60.8 Å². The SMILES string of the molecule is O=COCc1cc(I)c(CC(=O)O)cc1I.OCCc1cc(I)c(CCO)cc1I. The summed E-state index contributed by atoms with van der Waals surface area (Å²) >= 11 is 8.71. The lowest BCUT2D eigenvalue weighted by Crippen LogP contribution is -2.04. The van der Waals surface area contributed by atoms with Gasteiger partial charge < -0.3 is 20.1 Å². The molecule has 0 spiro atoms. The fourth-order valence-corrected chi connectivity index (χ4v) is 5.43. The number of rotatable bonds is 9. The first-order valence-corrected chi connectivity index (χ1v) is 13.0. The van der Waals surface area contributed by atoms with Gasteiger partial charge in [0.1, 0.15) is 6.61 Å². The number of carbonyl (C=O) groups excluding carboxylic acids is 1. The number of benzene rings is 2. The summed E-state index contributed by atoms with van der Waals surface area (Å²) in [5, 5.41) is 26.4. The van der Waals surface area contributed by atoms with Crippen LogP contribution >= 0.6 is 90.4 Å². The van der Waals surface area contributed by atoms with E-state index in [1.54, 1.807) is 6.07 Å². The number of carboxylic acid groups (broad SMARTS) is 1. The number of ether oxygens (including phenoxy) is 1. The highest BCUT2D eigenvalue weighted by atomic mass is 127. The van der Waals surface area contributed by atoms with Crippen LogP contribution < -0.4 is 0 Å². The third-order valence-corrected chi connectivity index (χ3v) is 7.86. The molecule has 0 radical (unpaired) electrons.